The van der Waals surface area contributed by atoms with Crippen LogP contribution in [0, 0.1) is 5.82 Å². The van der Waals surface area contributed by atoms with Crippen molar-refractivity contribution in [2.24, 2.45) is 0 Å². The second-order valence-corrected chi connectivity index (χ2v) is 7.62. The molecule has 2 aliphatic heterocycles. The molecule has 0 bridgehead atoms. The summed E-state index contributed by atoms with van der Waals surface area (Å²) in [6.07, 6.45) is 1.24. The van der Waals surface area contributed by atoms with Gasteiger partial charge in [-0.3, -0.25) is 4.90 Å². The number of anilines is 2. The van der Waals surface area contributed by atoms with Crippen molar-refractivity contribution >= 4 is 17.6 Å². The number of ether oxygens (including phenoxy) is 1. The maximum atomic E-state index is 14.0. The van der Waals surface area contributed by atoms with Crippen molar-refractivity contribution in [3.63, 3.8) is 0 Å². The molecule has 8 heteroatoms. The molecule has 0 atom stereocenters. The van der Waals surface area contributed by atoms with E-state index in [9.17, 15) is 9.18 Å². The Bertz CT molecular complexity index is 634. The molecule has 1 aromatic heterocycles. The smallest absolute Gasteiger partial charge is 0.410 e. The van der Waals surface area contributed by atoms with E-state index in [1.54, 1.807) is 4.90 Å². The molecule has 138 valence electrons. The summed E-state index contributed by atoms with van der Waals surface area (Å²) in [5, 5.41) is 0. The van der Waals surface area contributed by atoms with Crippen LogP contribution in [0.5, 0.6) is 0 Å². The Morgan fingerprint density at radius 2 is 1.92 bits per heavy atom. The highest BCUT2D eigenvalue weighted by Crippen LogP contribution is 2.24. The van der Waals surface area contributed by atoms with Crippen LogP contribution in [-0.2, 0) is 4.74 Å². The number of nitrogens with zero attached hydrogens (tertiary/aromatic N) is 4. The molecule has 0 unspecified atom stereocenters. The van der Waals surface area contributed by atoms with Gasteiger partial charge in [0.2, 0.25) is 0 Å². The Morgan fingerprint density at radius 1 is 1.28 bits per heavy atom. The number of aromatic nitrogens is 1. The molecule has 3 heterocycles. The number of halogens is 1. The zero-order chi connectivity index (χ0) is 18.2. The van der Waals surface area contributed by atoms with Crippen molar-refractivity contribution in [1.29, 1.82) is 0 Å². The van der Waals surface area contributed by atoms with Crippen molar-refractivity contribution in [3.05, 3.63) is 18.1 Å². The minimum atomic E-state index is -0.467. The van der Waals surface area contributed by atoms with Gasteiger partial charge in [-0.2, -0.15) is 0 Å². The number of likely N-dealkylation sites (tertiary alicyclic amines) is 1. The predicted molar refractivity (Wildman–Crippen MR) is 94.0 cm³/mol. The predicted octanol–water partition coefficient (Wildman–Crippen LogP) is 1.54. The van der Waals surface area contributed by atoms with Gasteiger partial charge in [-0.05, 0) is 20.8 Å². The highest BCUT2D eigenvalue weighted by atomic mass is 19.1. The fourth-order valence-electron chi connectivity index (χ4n) is 3.16. The monoisotopic (exact) mass is 351 g/mol. The van der Waals surface area contributed by atoms with E-state index >= 15 is 0 Å². The van der Waals surface area contributed by atoms with E-state index in [4.69, 9.17) is 10.5 Å². The number of pyridine rings is 1. The van der Waals surface area contributed by atoms with Crippen molar-refractivity contribution < 1.29 is 13.9 Å². The quantitative estimate of drug-likeness (QED) is 0.871. The lowest BCUT2D eigenvalue weighted by Crippen LogP contribution is -2.64. The van der Waals surface area contributed by atoms with Gasteiger partial charge in [0.25, 0.3) is 0 Å². The number of piperazine rings is 1. The first kappa shape index (κ1) is 17.7. The average Bonchev–Trinajstić information content (AvgIpc) is 2.45. The molecule has 2 N–H and O–H groups in total. The van der Waals surface area contributed by atoms with Gasteiger partial charge in [0, 0.05) is 51.4 Å². The van der Waals surface area contributed by atoms with E-state index < -0.39 is 5.60 Å². The largest absolute Gasteiger partial charge is 0.444 e. The third-order valence-corrected chi connectivity index (χ3v) is 4.54. The first-order valence-corrected chi connectivity index (χ1v) is 8.61. The number of carbonyl (C=O) groups excluding carboxylic acids is 1. The molecule has 0 aliphatic carbocycles. The molecule has 1 aromatic rings. The summed E-state index contributed by atoms with van der Waals surface area (Å²) in [6, 6.07) is 1.61. The minimum Gasteiger partial charge on any atom is -0.444 e. The van der Waals surface area contributed by atoms with Crippen LogP contribution >= 0.6 is 0 Å². The molecule has 0 radical (unpaired) electrons. The number of amides is 1. The molecular weight excluding hydrogens is 325 g/mol. The summed E-state index contributed by atoms with van der Waals surface area (Å²) in [5.74, 6) is -0.141. The van der Waals surface area contributed by atoms with Crippen molar-refractivity contribution in [3.8, 4) is 0 Å². The maximum absolute atomic E-state index is 14.0. The van der Waals surface area contributed by atoms with Crippen LogP contribution in [0.15, 0.2) is 12.3 Å². The van der Waals surface area contributed by atoms with Gasteiger partial charge in [0.1, 0.15) is 11.4 Å². The van der Waals surface area contributed by atoms with Crippen LogP contribution in [0.3, 0.4) is 0 Å². The number of hydrogen-bond acceptors (Lipinski definition) is 6. The Balaban J connectivity index is 1.47. The van der Waals surface area contributed by atoms with Crippen LogP contribution < -0.4 is 10.6 Å². The van der Waals surface area contributed by atoms with E-state index in [-0.39, 0.29) is 17.7 Å². The highest BCUT2D eigenvalue weighted by Gasteiger charge is 2.38. The average molecular weight is 351 g/mol. The Labute approximate surface area is 147 Å². The number of nitrogen functional groups attached to an aromatic ring is 1. The standard InChI is InChI=1S/C17H26FN5O2/c1-17(2,3)25-16(24)23-10-12(11-23)21-4-6-22(7-5-21)14-9-20-15(19)8-13(14)18/h8-9,12H,4-7,10-11H2,1-3H3,(H2,19,20). The van der Waals surface area contributed by atoms with Gasteiger partial charge in [-0.25, -0.2) is 14.2 Å². The van der Waals surface area contributed by atoms with Crippen molar-refractivity contribution in [1.82, 2.24) is 14.8 Å². The first-order valence-electron chi connectivity index (χ1n) is 8.61. The number of hydrogen-bond donors (Lipinski definition) is 1. The Hall–Kier alpha value is -2.09. The molecule has 2 saturated heterocycles. The maximum Gasteiger partial charge on any atom is 0.410 e. The number of carbonyl (C=O) groups is 1. The van der Waals surface area contributed by atoms with Crippen LogP contribution in [0.4, 0.5) is 20.7 Å². The zero-order valence-corrected chi connectivity index (χ0v) is 15.0. The molecule has 25 heavy (non-hydrogen) atoms. The fraction of sp³-hybridized carbons (Fsp3) is 0.647. The molecule has 3 rings (SSSR count). The Kier molecular flexibility index (Phi) is 4.73. The van der Waals surface area contributed by atoms with Crippen LogP contribution in [0.25, 0.3) is 0 Å². The summed E-state index contributed by atoms with van der Waals surface area (Å²) >= 11 is 0. The van der Waals surface area contributed by atoms with E-state index in [2.05, 4.69) is 9.88 Å². The fourth-order valence-corrected chi connectivity index (χ4v) is 3.16. The minimum absolute atomic E-state index is 0.191. The van der Waals surface area contributed by atoms with Crippen LogP contribution in [0.1, 0.15) is 20.8 Å². The van der Waals surface area contributed by atoms with Crippen molar-refractivity contribution in [2.75, 3.05) is 49.9 Å². The summed E-state index contributed by atoms with van der Waals surface area (Å²) in [6.45, 7) is 10.1. The summed E-state index contributed by atoms with van der Waals surface area (Å²) in [5.41, 5.74) is 5.53. The van der Waals surface area contributed by atoms with Crippen LogP contribution in [0.2, 0.25) is 0 Å². The molecule has 0 saturated carbocycles. The molecule has 7 nitrogen and oxygen atoms in total. The lowest BCUT2D eigenvalue weighted by Gasteiger charge is -2.48. The third-order valence-electron chi connectivity index (χ3n) is 4.54. The number of nitrogens with two attached hydrogens (primary N) is 1. The molecule has 0 aromatic carbocycles. The van der Waals surface area contributed by atoms with E-state index in [0.29, 0.717) is 24.8 Å². The van der Waals surface area contributed by atoms with E-state index in [1.165, 1.54) is 12.3 Å². The summed E-state index contributed by atoms with van der Waals surface area (Å²) in [4.78, 5) is 22.0. The molecule has 1 amide bonds. The van der Waals surface area contributed by atoms with Gasteiger partial charge in [0.15, 0.2) is 5.82 Å². The van der Waals surface area contributed by atoms with Gasteiger partial charge in [-0.15, -0.1) is 0 Å². The molecule has 2 aliphatic rings. The second-order valence-electron chi connectivity index (χ2n) is 7.62. The highest BCUT2D eigenvalue weighted by molar-refractivity contribution is 5.69. The van der Waals surface area contributed by atoms with Gasteiger partial charge in [-0.1, -0.05) is 0 Å². The summed E-state index contributed by atoms with van der Waals surface area (Å²) in [7, 11) is 0. The van der Waals surface area contributed by atoms with Gasteiger partial charge in [0.05, 0.1) is 11.9 Å². The second kappa shape index (κ2) is 6.67. The third kappa shape index (κ3) is 4.12. The lowest BCUT2D eigenvalue weighted by molar-refractivity contribution is -0.0162. The van der Waals surface area contributed by atoms with E-state index in [1.807, 2.05) is 25.7 Å². The van der Waals surface area contributed by atoms with Gasteiger partial charge >= 0.3 is 6.09 Å². The van der Waals surface area contributed by atoms with Gasteiger partial charge < -0.3 is 20.3 Å². The van der Waals surface area contributed by atoms with E-state index in [0.717, 1.165) is 26.2 Å². The SMILES string of the molecule is CC(C)(C)OC(=O)N1CC(N2CCN(c3cnc(N)cc3F)CC2)C1. The van der Waals surface area contributed by atoms with Crippen molar-refractivity contribution in [2.45, 2.75) is 32.4 Å². The van der Waals surface area contributed by atoms with Crippen LogP contribution in [-0.4, -0.2) is 71.8 Å². The normalized spacial score (nSPS) is 19.7. The molecule has 2 fully saturated rings. The molecular formula is C17H26FN5O2. The zero-order valence-electron chi connectivity index (χ0n) is 15.0. The summed E-state index contributed by atoms with van der Waals surface area (Å²) < 4.78 is 19.4. The topological polar surface area (TPSA) is 74.9 Å². The lowest BCUT2D eigenvalue weighted by atomic mass is 10.1. The first-order chi connectivity index (χ1) is 11.7. The Morgan fingerprint density at radius 3 is 2.48 bits per heavy atom. The molecule has 0 spiro atoms. The number of rotatable bonds is 2.